The van der Waals surface area contributed by atoms with Crippen molar-refractivity contribution in [2.24, 2.45) is 7.05 Å². The lowest BCUT2D eigenvalue weighted by atomic mass is 10.2. The number of halogens is 5. The van der Waals surface area contributed by atoms with Gasteiger partial charge in [-0.15, -0.1) is 5.10 Å². The number of benzene rings is 1. The number of aromatic nitrogens is 4. The number of nitrogens with zero attached hydrogens (tertiary/aromatic N) is 4. The lowest BCUT2D eigenvalue weighted by Crippen LogP contribution is -2.40. The van der Waals surface area contributed by atoms with E-state index in [1.165, 1.54) is 6.92 Å². The number of hydrogen-bond acceptors (Lipinski definition) is 6. The SMILES string of the molecule is Cc1nnc(Oc2cc(-n3c(=O)cc(C(F)(F)F)n(C)c3=O)c(Cl)cc2Cl)o1. The van der Waals surface area contributed by atoms with E-state index in [0.717, 1.165) is 19.2 Å². The zero-order valence-electron chi connectivity index (χ0n) is 14.0. The molecule has 2 aromatic heterocycles. The summed E-state index contributed by atoms with van der Waals surface area (Å²) in [5.41, 5.74) is -4.14. The van der Waals surface area contributed by atoms with Crippen LogP contribution in [-0.4, -0.2) is 19.3 Å². The van der Waals surface area contributed by atoms with E-state index < -0.39 is 23.1 Å². The van der Waals surface area contributed by atoms with E-state index in [-0.39, 0.29) is 44.1 Å². The van der Waals surface area contributed by atoms with Crippen LogP contribution in [0.4, 0.5) is 13.2 Å². The van der Waals surface area contributed by atoms with Crippen LogP contribution in [0.2, 0.25) is 10.0 Å². The highest BCUT2D eigenvalue weighted by Gasteiger charge is 2.35. The smallest absolute Gasteiger partial charge is 0.408 e. The zero-order chi connectivity index (χ0) is 20.8. The molecule has 0 bridgehead atoms. The molecule has 0 atom stereocenters. The minimum Gasteiger partial charge on any atom is -0.408 e. The first-order chi connectivity index (χ1) is 13.0. The second-order valence-electron chi connectivity index (χ2n) is 5.47. The van der Waals surface area contributed by atoms with Crippen LogP contribution in [0.3, 0.4) is 0 Å². The predicted molar refractivity (Wildman–Crippen MR) is 91.4 cm³/mol. The maximum atomic E-state index is 13.0. The van der Waals surface area contributed by atoms with Crippen LogP contribution in [0, 0.1) is 6.92 Å². The molecule has 0 unspecified atom stereocenters. The van der Waals surface area contributed by atoms with E-state index in [2.05, 4.69) is 10.2 Å². The Morgan fingerprint density at radius 3 is 2.36 bits per heavy atom. The third-order valence-electron chi connectivity index (χ3n) is 3.56. The molecule has 148 valence electrons. The van der Waals surface area contributed by atoms with E-state index in [1.54, 1.807) is 0 Å². The quantitative estimate of drug-likeness (QED) is 0.624. The van der Waals surface area contributed by atoms with Crippen molar-refractivity contribution in [3.63, 3.8) is 0 Å². The van der Waals surface area contributed by atoms with Gasteiger partial charge in [0, 0.05) is 26.1 Å². The van der Waals surface area contributed by atoms with Gasteiger partial charge in [-0.1, -0.05) is 28.3 Å². The Hall–Kier alpha value is -2.79. The van der Waals surface area contributed by atoms with Crippen molar-refractivity contribution in [1.82, 2.24) is 19.3 Å². The average molecular weight is 437 g/mol. The molecular weight excluding hydrogens is 428 g/mol. The van der Waals surface area contributed by atoms with Gasteiger partial charge in [0.1, 0.15) is 5.69 Å². The van der Waals surface area contributed by atoms with Crippen LogP contribution in [0.1, 0.15) is 11.6 Å². The Balaban J connectivity index is 2.19. The maximum absolute atomic E-state index is 13.0. The molecule has 8 nitrogen and oxygen atoms in total. The molecular formula is C15H9Cl2F3N4O4. The van der Waals surface area contributed by atoms with Crippen LogP contribution < -0.4 is 16.0 Å². The molecule has 3 rings (SSSR count). The average Bonchev–Trinajstić information content (AvgIpc) is 2.99. The summed E-state index contributed by atoms with van der Waals surface area (Å²) in [5, 5.41) is 6.97. The molecule has 0 aliphatic carbocycles. The molecule has 0 aliphatic heterocycles. The monoisotopic (exact) mass is 436 g/mol. The van der Waals surface area contributed by atoms with Crippen LogP contribution in [0.15, 0.2) is 32.2 Å². The molecule has 0 spiro atoms. The Morgan fingerprint density at radius 2 is 1.79 bits per heavy atom. The minimum atomic E-state index is -4.89. The van der Waals surface area contributed by atoms with Gasteiger partial charge in [0.05, 0.1) is 15.7 Å². The molecule has 28 heavy (non-hydrogen) atoms. The first kappa shape index (κ1) is 20.0. The normalized spacial score (nSPS) is 11.7. The van der Waals surface area contributed by atoms with Gasteiger partial charge in [-0.3, -0.25) is 9.36 Å². The fourth-order valence-electron chi connectivity index (χ4n) is 2.30. The fourth-order valence-corrected chi connectivity index (χ4v) is 2.81. The maximum Gasteiger partial charge on any atom is 0.431 e. The van der Waals surface area contributed by atoms with Crippen LogP contribution in [-0.2, 0) is 13.2 Å². The number of hydrogen-bond donors (Lipinski definition) is 0. The second kappa shape index (κ2) is 6.99. The number of aryl methyl sites for hydroxylation is 1. The van der Waals surface area contributed by atoms with Gasteiger partial charge >= 0.3 is 17.9 Å². The summed E-state index contributed by atoms with van der Waals surface area (Å²) >= 11 is 12.1. The van der Waals surface area contributed by atoms with Crippen molar-refractivity contribution in [1.29, 1.82) is 0 Å². The van der Waals surface area contributed by atoms with E-state index >= 15 is 0 Å². The van der Waals surface area contributed by atoms with E-state index in [9.17, 15) is 22.8 Å². The lowest BCUT2D eigenvalue weighted by Gasteiger charge is -2.15. The van der Waals surface area contributed by atoms with Crippen molar-refractivity contribution < 1.29 is 22.3 Å². The Morgan fingerprint density at radius 1 is 1.11 bits per heavy atom. The van der Waals surface area contributed by atoms with Gasteiger partial charge in [0.15, 0.2) is 5.75 Å². The Labute approximate surface area is 163 Å². The van der Waals surface area contributed by atoms with Gasteiger partial charge < -0.3 is 9.15 Å². The predicted octanol–water partition coefficient (Wildman–Crippen LogP) is 3.35. The summed E-state index contributed by atoms with van der Waals surface area (Å²) in [5.74, 6) is 0.0895. The molecule has 0 radical (unpaired) electrons. The third-order valence-corrected chi connectivity index (χ3v) is 4.16. The fraction of sp³-hybridized carbons (Fsp3) is 0.200. The highest BCUT2D eigenvalue weighted by Crippen LogP contribution is 2.35. The summed E-state index contributed by atoms with van der Waals surface area (Å²) in [6, 6.07) is 2.54. The topological polar surface area (TPSA) is 92.2 Å². The third kappa shape index (κ3) is 3.62. The van der Waals surface area contributed by atoms with Gasteiger partial charge in [0.2, 0.25) is 5.89 Å². The molecule has 0 fully saturated rings. The first-order valence-corrected chi connectivity index (χ1v) is 8.12. The standard InChI is InChI=1S/C15H9Cl2F3N4O4/c1-6-21-22-13(27-6)28-10-4-9(7(16)3-8(10)17)24-12(25)5-11(15(18,19)20)23(2)14(24)26/h3-5H,1-2H3. The van der Waals surface area contributed by atoms with E-state index in [1.807, 2.05) is 0 Å². The second-order valence-corrected chi connectivity index (χ2v) is 6.28. The summed E-state index contributed by atoms with van der Waals surface area (Å²) in [4.78, 5) is 24.7. The molecule has 3 aromatic rings. The Kier molecular flexibility index (Phi) is 4.98. The zero-order valence-corrected chi connectivity index (χ0v) is 15.6. The molecule has 0 saturated heterocycles. The summed E-state index contributed by atoms with van der Waals surface area (Å²) in [7, 11) is 0.879. The van der Waals surface area contributed by atoms with Crippen molar-refractivity contribution in [3.8, 4) is 17.5 Å². The van der Waals surface area contributed by atoms with E-state index in [0.29, 0.717) is 4.57 Å². The molecule has 0 saturated carbocycles. The van der Waals surface area contributed by atoms with Crippen molar-refractivity contribution in [2.75, 3.05) is 0 Å². The molecule has 0 N–H and O–H groups in total. The van der Waals surface area contributed by atoms with Crippen LogP contribution in [0.5, 0.6) is 11.8 Å². The van der Waals surface area contributed by atoms with Crippen molar-refractivity contribution >= 4 is 23.2 Å². The van der Waals surface area contributed by atoms with Gasteiger partial charge in [-0.05, 0) is 6.07 Å². The highest BCUT2D eigenvalue weighted by atomic mass is 35.5. The Bertz CT molecular complexity index is 1180. The largest absolute Gasteiger partial charge is 0.431 e. The molecule has 1 aromatic carbocycles. The first-order valence-electron chi connectivity index (χ1n) is 7.36. The van der Waals surface area contributed by atoms with Gasteiger partial charge in [-0.2, -0.15) is 13.2 Å². The molecule has 13 heteroatoms. The summed E-state index contributed by atoms with van der Waals surface area (Å²) in [6.07, 6.45) is -5.17. The van der Waals surface area contributed by atoms with Crippen molar-refractivity contribution in [3.05, 3.63) is 60.7 Å². The molecule has 0 amide bonds. The molecule has 0 aliphatic rings. The summed E-state index contributed by atoms with van der Waals surface area (Å²) in [6.45, 7) is 1.51. The van der Waals surface area contributed by atoms with Crippen LogP contribution in [0.25, 0.3) is 5.69 Å². The van der Waals surface area contributed by atoms with Crippen molar-refractivity contribution in [2.45, 2.75) is 13.1 Å². The van der Waals surface area contributed by atoms with Crippen LogP contribution >= 0.6 is 23.2 Å². The lowest BCUT2D eigenvalue weighted by molar-refractivity contribution is -0.144. The summed E-state index contributed by atoms with van der Waals surface area (Å²) < 4.78 is 50.1. The van der Waals surface area contributed by atoms with E-state index in [4.69, 9.17) is 32.4 Å². The van der Waals surface area contributed by atoms with Gasteiger partial charge in [-0.25, -0.2) is 9.36 Å². The number of ether oxygens (including phenoxy) is 1. The minimum absolute atomic E-state index is 0.0265. The number of alkyl halides is 3. The number of rotatable bonds is 3. The molecule has 2 heterocycles. The highest BCUT2D eigenvalue weighted by molar-refractivity contribution is 6.36. The van der Waals surface area contributed by atoms with Gasteiger partial charge in [0.25, 0.3) is 5.56 Å².